The quantitative estimate of drug-likeness (QED) is 0.795. The fourth-order valence-electron chi connectivity index (χ4n) is 3.26. The highest BCUT2D eigenvalue weighted by atomic mass is 35.5. The van der Waals surface area contributed by atoms with Crippen molar-refractivity contribution in [2.45, 2.75) is 51.4 Å². The van der Waals surface area contributed by atoms with Crippen molar-refractivity contribution in [3.05, 3.63) is 33.8 Å². The van der Waals surface area contributed by atoms with Crippen molar-refractivity contribution < 1.29 is 9.90 Å². The first kappa shape index (κ1) is 15.7. The molecule has 0 heterocycles. The number of benzene rings is 1. The molecule has 0 bridgehead atoms. The average Bonchev–Trinajstić information content (AvgIpc) is 2.38. The van der Waals surface area contributed by atoms with Crippen molar-refractivity contribution in [3.63, 3.8) is 0 Å². The number of aryl methyl sites for hydroxylation is 1. The van der Waals surface area contributed by atoms with Gasteiger partial charge in [-0.1, -0.05) is 48.5 Å². The van der Waals surface area contributed by atoms with E-state index in [1.807, 2.05) is 12.1 Å². The Morgan fingerprint density at radius 1 is 1.20 bits per heavy atom. The van der Waals surface area contributed by atoms with Gasteiger partial charge in [0.05, 0.1) is 6.42 Å². The van der Waals surface area contributed by atoms with Crippen LogP contribution in [-0.2, 0) is 11.2 Å². The molecular weight excluding hydrogens is 295 g/mol. The Morgan fingerprint density at radius 3 is 2.50 bits per heavy atom. The lowest BCUT2D eigenvalue weighted by molar-refractivity contribution is -0.140. The van der Waals surface area contributed by atoms with Gasteiger partial charge in [-0.3, -0.25) is 4.79 Å². The third kappa shape index (κ3) is 4.13. The molecule has 0 atom stereocenters. The second kappa shape index (κ2) is 6.82. The Bertz CT molecular complexity index is 479. The summed E-state index contributed by atoms with van der Waals surface area (Å²) in [6.07, 6.45) is 7.53. The highest BCUT2D eigenvalue weighted by Crippen LogP contribution is 2.43. The second-order valence-electron chi connectivity index (χ2n) is 5.87. The fourth-order valence-corrected chi connectivity index (χ4v) is 3.76. The minimum atomic E-state index is -0.686. The van der Waals surface area contributed by atoms with Gasteiger partial charge in [0.1, 0.15) is 0 Å². The van der Waals surface area contributed by atoms with Crippen molar-refractivity contribution in [1.29, 1.82) is 0 Å². The van der Waals surface area contributed by atoms with Gasteiger partial charge in [-0.25, -0.2) is 0 Å². The molecule has 0 spiro atoms. The Hall–Kier alpha value is -0.730. The lowest BCUT2D eigenvalue weighted by Crippen LogP contribution is -2.28. The summed E-state index contributed by atoms with van der Waals surface area (Å²) in [5, 5.41) is 10.5. The van der Waals surface area contributed by atoms with E-state index in [4.69, 9.17) is 23.2 Å². The van der Waals surface area contributed by atoms with Crippen molar-refractivity contribution in [1.82, 2.24) is 0 Å². The number of aliphatic carboxylic acids is 1. The molecule has 0 unspecified atom stereocenters. The van der Waals surface area contributed by atoms with Crippen LogP contribution in [0.15, 0.2) is 18.2 Å². The SMILES string of the molecule is O=C(O)CC1(CCc2ccc(Cl)cc2Cl)CCCCC1. The first-order valence-corrected chi connectivity index (χ1v) is 7.92. The number of rotatable bonds is 5. The third-order valence-electron chi connectivity index (χ3n) is 4.38. The van der Waals surface area contributed by atoms with Gasteiger partial charge in [0.2, 0.25) is 0 Å². The van der Waals surface area contributed by atoms with Crippen LogP contribution in [0.4, 0.5) is 0 Å². The molecule has 20 heavy (non-hydrogen) atoms. The fraction of sp³-hybridized carbons (Fsp3) is 0.562. The van der Waals surface area contributed by atoms with Crippen LogP contribution in [0.2, 0.25) is 10.0 Å². The average molecular weight is 315 g/mol. The van der Waals surface area contributed by atoms with E-state index in [0.717, 1.165) is 44.1 Å². The second-order valence-corrected chi connectivity index (χ2v) is 6.71. The number of hydrogen-bond acceptors (Lipinski definition) is 1. The Labute approximate surface area is 130 Å². The molecule has 2 rings (SSSR count). The van der Waals surface area contributed by atoms with Crippen LogP contribution in [0.3, 0.4) is 0 Å². The maximum atomic E-state index is 11.2. The molecule has 0 amide bonds. The van der Waals surface area contributed by atoms with Gasteiger partial charge in [0.15, 0.2) is 0 Å². The Morgan fingerprint density at radius 2 is 1.90 bits per heavy atom. The standard InChI is InChI=1S/C16H20Cl2O2/c17-13-5-4-12(14(18)10-13)6-9-16(11-15(19)20)7-2-1-3-8-16/h4-5,10H,1-3,6-9,11H2,(H,19,20). The molecule has 0 saturated heterocycles. The molecular formula is C16H20Cl2O2. The van der Waals surface area contributed by atoms with E-state index < -0.39 is 5.97 Å². The van der Waals surface area contributed by atoms with E-state index >= 15 is 0 Å². The molecule has 2 nitrogen and oxygen atoms in total. The molecule has 0 aromatic heterocycles. The van der Waals surface area contributed by atoms with E-state index in [0.29, 0.717) is 10.0 Å². The monoisotopic (exact) mass is 314 g/mol. The predicted molar refractivity (Wildman–Crippen MR) is 82.6 cm³/mol. The van der Waals surface area contributed by atoms with Crippen LogP contribution < -0.4 is 0 Å². The minimum absolute atomic E-state index is 0.0486. The summed E-state index contributed by atoms with van der Waals surface area (Å²) in [5.74, 6) is -0.686. The first-order chi connectivity index (χ1) is 9.51. The van der Waals surface area contributed by atoms with Crippen LogP contribution in [0.1, 0.15) is 50.5 Å². The van der Waals surface area contributed by atoms with Crippen LogP contribution in [0.25, 0.3) is 0 Å². The molecule has 110 valence electrons. The highest BCUT2D eigenvalue weighted by molar-refractivity contribution is 6.35. The molecule has 1 aromatic carbocycles. The zero-order valence-electron chi connectivity index (χ0n) is 11.5. The van der Waals surface area contributed by atoms with Crippen LogP contribution in [0, 0.1) is 5.41 Å². The molecule has 1 N–H and O–H groups in total. The van der Waals surface area contributed by atoms with E-state index in [1.54, 1.807) is 6.07 Å². The van der Waals surface area contributed by atoms with Gasteiger partial charge < -0.3 is 5.11 Å². The minimum Gasteiger partial charge on any atom is -0.481 e. The van der Waals surface area contributed by atoms with Crippen molar-refractivity contribution in [2.75, 3.05) is 0 Å². The number of carbonyl (C=O) groups is 1. The summed E-state index contributed by atoms with van der Waals surface area (Å²) in [6.45, 7) is 0. The van der Waals surface area contributed by atoms with Crippen molar-refractivity contribution in [2.24, 2.45) is 5.41 Å². The van der Waals surface area contributed by atoms with Crippen LogP contribution in [-0.4, -0.2) is 11.1 Å². The molecule has 1 fully saturated rings. The maximum Gasteiger partial charge on any atom is 0.303 e. The van der Waals surface area contributed by atoms with Crippen LogP contribution in [0.5, 0.6) is 0 Å². The lowest BCUT2D eigenvalue weighted by atomic mass is 9.68. The van der Waals surface area contributed by atoms with Gasteiger partial charge >= 0.3 is 5.97 Å². The zero-order valence-corrected chi connectivity index (χ0v) is 13.0. The number of halogens is 2. The van der Waals surface area contributed by atoms with Crippen molar-refractivity contribution in [3.8, 4) is 0 Å². The molecule has 1 aromatic rings. The maximum absolute atomic E-state index is 11.2. The van der Waals surface area contributed by atoms with E-state index in [9.17, 15) is 9.90 Å². The Kier molecular flexibility index (Phi) is 5.34. The van der Waals surface area contributed by atoms with Crippen LogP contribution >= 0.6 is 23.2 Å². The summed E-state index contributed by atoms with van der Waals surface area (Å²) in [6, 6.07) is 5.54. The molecule has 1 saturated carbocycles. The van der Waals surface area contributed by atoms with Gasteiger partial charge in [-0.05, 0) is 48.8 Å². The number of carboxylic acids is 1. The third-order valence-corrected chi connectivity index (χ3v) is 4.97. The normalized spacial score (nSPS) is 17.9. The molecule has 4 heteroatoms. The summed E-state index contributed by atoms with van der Waals surface area (Å²) in [5.41, 5.74) is 1.01. The highest BCUT2D eigenvalue weighted by Gasteiger charge is 2.34. The lowest BCUT2D eigenvalue weighted by Gasteiger charge is -2.36. The topological polar surface area (TPSA) is 37.3 Å². The summed E-state index contributed by atoms with van der Waals surface area (Å²) >= 11 is 12.1. The number of carboxylic acid groups (broad SMARTS) is 1. The summed E-state index contributed by atoms with van der Waals surface area (Å²) in [4.78, 5) is 11.2. The van der Waals surface area contributed by atoms with Gasteiger partial charge in [0, 0.05) is 10.0 Å². The summed E-state index contributed by atoms with van der Waals surface area (Å²) < 4.78 is 0. The molecule has 1 aliphatic carbocycles. The summed E-state index contributed by atoms with van der Waals surface area (Å²) in [7, 11) is 0. The largest absolute Gasteiger partial charge is 0.481 e. The van der Waals surface area contributed by atoms with E-state index in [2.05, 4.69) is 0 Å². The van der Waals surface area contributed by atoms with Gasteiger partial charge in [-0.15, -0.1) is 0 Å². The Balaban J connectivity index is 2.06. The van der Waals surface area contributed by atoms with Crippen molar-refractivity contribution >= 4 is 29.2 Å². The predicted octanol–water partition coefficient (Wildman–Crippen LogP) is 5.35. The molecule has 0 radical (unpaired) electrons. The van der Waals surface area contributed by atoms with E-state index in [1.165, 1.54) is 6.42 Å². The van der Waals surface area contributed by atoms with Gasteiger partial charge in [0.25, 0.3) is 0 Å². The zero-order chi connectivity index (χ0) is 14.6. The molecule has 0 aliphatic heterocycles. The smallest absolute Gasteiger partial charge is 0.303 e. The van der Waals surface area contributed by atoms with Gasteiger partial charge in [-0.2, -0.15) is 0 Å². The van der Waals surface area contributed by atoms with E-state index in [-0.39, 0.29) is 11.8 Å². The number of hydrogen-bond donors (Lipinski definition) is 1. The first-order valence-electron chi connectivity index (χ1n) is 7.17. The molecule has 1 aliphatic rings.